The molecule has 7 aromatic carbocycles. The van der Waals surface area contributed by atoms with E-state index in [1.54, 1.807) is 0 Å². The number of anilines is 6. The van der Waals surface area contributed by atoms with Crippen molar-refractivity contribution >= 4 is 34.1 Å². The predicted octanol–water partition coefficient (Wildman–Crippen LogP) is 15.1. The Bertz CT molecular complexity index is 2370. The molecule has 1 fully saturated rings. The van der Waals surface area contributed by atoms with Gasteiger partial charge in [-0.3, -0.25) is 0 Å². The summed E-state index contributed by atoms with van der Waals surface area (Å²) in [5.41, 5.74) is 15.2. The van der Waals surface area contributed by atoms with E-state index >= 15 is 0 Å². The summed E-state index contributed by atoms with van der Waals surface area (Å²) < 4.78 is 0. The molecule has 0 spiro atoms. The van der Waals surface area contributed by atoms with Gasteiger partial charge in [0, 0.05) is 45.0 Å². The van der Waals surface area contributed by atoms with Gasteiger partial charge in [0.15, 0.2) is 0 Å². The van der Waals surface area contributed by atoms with Crippen LogP contribution in [-0.2, 0) is 10.8 Å². The molecular formula is C54H52N2. The van der Waals surface area contributed by atoms with E-state index in [1.807, 2.05) is 0 Å². The van der Waals surface area contributed by atoms with E-state index in [9.17, 15) is 0 Å². The lowest BCUT2D eigenvalue weighted by Crippen LogP contribution is -2.36. The minimum Gasteiger partial charge on any atom is -0.311 e. The molecule has 7 aromatic rings. The monoisotopic (exact) mass is 728 g/mol. The van der Waals surface area contributed by atoms with Crippen LogP contribution >= 0.6 is 0 Å². The maximum absolute atomic E-state index is 2.44. The average molecular weight is 729 g/mol. The molecule has 0 radical (unpaired) electrons. The Morgan fingerprint density at radius 1 is 0.464 bits per heavy atom. The Morgan fingerprint density at radius 3 is 1.41 bits per heavy atom. The lowest BCUT2D eigenvalue weighted by molar-refractivity contribution is 0.207. The first-order valence-electron chi connectivity index (χ1n) is 20.5. The third-order valence-electron chi connectivity index (χ3n) is 13.0. The molecular weight excluding hydrogens is 677 g/mol. The number of fused-ring (bicyclic) bond motifs is 3. The van der Waals surface area contributed by atoms with E-state index in [0.717, 1.165) is 29.9 Å². The molecule has 0 bridgehead atoms. The van der Waals surface area contributed by atoms with Gasteiger partial charge < -0.3 is 9.80 Å². The van der Waals surface area contributed by atoms with Crippen LogP contribution in [0.5, 0.6) is 0 Å². The van der Waals surface area contributed by atoms with Crippen LogP contribution < -0.4 is 9.80 Å². The van der Waals surface area contributed by atoms with E-state index in [0.29, 0.717) is 11.8 Å². The summed E-state index contributed by atoms with van der Waals surface area (Å²) in [6.07, 6.45) is 4.84. The van der Waals surface area contributed by atoms with Crippen LogP contribution in [0.3, 0.4) is 0 Å². The summed E-state index contributed by atoms with van der Waals surface area (Å²) in [6.45, 7) is 9.56. The molecule has 2 unspecified atom stereocenters. The molecule has 0 amide bonds. The summed E-state index contributed by atoms with van der Waals surface area (Å²) in [5, 5.41) is 0. The number of benzene rings is 7. The second-order valence-electron chi connectivity index (χ2n) is 16.9. The van der Waals surface area contributed by atoms with Crippen LogP contribution in [0.25, 0.3) is 11.1 Å². The van der Waals surface area contributed by atoms with Crippen molar-refractivity contribution in [3.8, 4) is 11.1 Å². The molecule has 0 N–H and O–H groups in total. The van der Waals surface area contributed by atoms with Crippen molar-refractivity contribution in [2.75, 3.05) is 9.80 Å². The summed E-state index contributed by atoms with van der Waals surface area (Å²) >= 11 is 0. The van der Waals surface area contributed by atoms with Crippen LogP contribution in [0.2, 0.25) is 0 Å². The maximum Gasteiger partial charge on any atom is 0.0465 e. The normalized spacial score (nSPS) is 18.3. The molecule has 2 nitrogen and oxygen atoms in total. The van der Waals surface area contributed by atoms with Crippen molar-refractivity contribution < 1.29 is 0 Å². The van der Waals surface area contributed by atoms with E-state index in [-0.39, 0.29) is 10.8 Å². The SMILES string of the molecule is CC(C)C1CCCC(c2ccc(N(c3ccccc3)c3ccccc3)cc2)(c2ccc(N(c3ccccc3)c3ccc4c(c3)C(C)(C)c3ccccc3-4)cc2)C1. The largest absolute Gasteiger partial charge is 0.311 e. The molecule has 0 aliphatic heterocycles. The van der Waals surface area contributed by atoms with Gasteiger partial charge in [-0.05, 0) is 131 Å². The van der Waals surface area contributed by atoms with Crippen molar-refractivity contribution in [2.45, 2.75) is 64.2 Å². The smallest absolute Gasteiger partial charge is 0.0465 e. The van der Waals surface area contributed by atoms with E-state index in [4.69, 9.17) is 0 Å². The zero-order chi connectivity index (χ0) is 38.3. The van der Waals surface area contributed by atoms with Crippen LogP contribution in [0.15, 0.2) is 182 Å². The summed E-state index contributed by atoms with van der Waals surface area (Å²) in [6, 6.07) is 67.4. The van der Waals surface area contributed by atoms with Gasteiger partial charge in [0.05, 0.1) is 0 Å². The minimum absolute atomic E-state index is 0.0600. The van der Waals surface area contributed by atoms with Gasteiger partial charge in [-0.25, -0.2) is 0 Å². The van der Waals surface area contributed by atoms with Gasteiger partial charge in [0.1, 0.15) is 0 Å². The molecule has 56 heavy (non-hydrogen) atoms. The van der Waals surface area contributed by atoms with Crippen molar-refractivity contribution in [2.24, 2.45) is 11.8 Å². The minimum atomic E-state index is -0.0662. The number of hydrogen-bond donors (Lipinski definition) is 0. The first-order valence-corrected chi connectivity index (χ1v) is 20.5. The van der Waals surface area contributed by atoms with Crippen molar-refractivity contribution in [1.82, 2.24) is 0 Å². The van der Waals surface area contributed by atoms with Gasteiger partial charge in [-0.15, -0.1) is 0 Å². The number of nitrogens with zero attached hydrogens (tertiary/aromatic N) is 2. The summed E-state index contributed by atoms with van der Waals surface area (Å²) in [5.74, 6) is 1.32. The second-order valence-corrected chi connectivity index (χ2v) is 16.9. The van der Waals surface area contributed by atoms with Gasteiger partial charge >= 0.3 is 0 Å². The van der Waals surface area contributed by atoms with Gasteiger partial charge in [0.2, 0.25) is 0 Å². The van der Waals surface area contributed by atoms with Crippen LogP contribution in [0.4, 0.5) is 34.1 Å². The van der Waals surface area contributed by atoms with Crippen molar-refractivity contribution in [3.05, 3.63) is 204 Å². The molecule has 2 aliphatic rings. The average Bonchev–Trinajstić information content (AvgIpc) is 3.48. The quantitative estimate of drug-likeness (QED) is 0.146. The third kappa shape index (κ3) is 6.32. The fourth-order valence-corrected chi connectivity index (χ4v) is 9.89. The van der Waals surface area contributed by atoms with E-state index in [1.165, 1.54) is 63.3 Å². The van der Waals surface area contributed by atoms with Gasteiger partial charge in [0.25, 0.3) is 0 Å². The third-order valence-corrected chi connectivity index (χ3v) is 13.0. The number of para-hydroxylation sites is 3. The Morgan fingerprint density at radius 2 is 0.893 bits per heavy atom. The van der Waals surface area contributed by atoms with Crippen molar-refractivity contribution in [1.29, 1.82) is 0 Å². The zero-order valence-electron chi connectivity index (χ0n) is 33.2. The Labute approximate surface area is 334 Å². The lowest BCUT2D eigenvalue weighted by atomic mass is 9.60. The van der Waals surface area contributed by atoms with Crippen LogP contribution in [-0.4, -0.2) is 0 Å². The molecule has 0 heterocycles. The summed E-state index contributed by atoms with van der Waals surface area (Å²) in [7, 11) is 0. The molecule has 1 saturated carbocycles. The Hall–Kier alpha value is -5.86. The topological polar surface area (TPSA) is 6.48 Å². The molecule has 9 rings (SSSR count). The highest BCUT2D eigenvalue weighted by molar-refractivity contribution is 5.85. The zero-order valence-corrected chi connectivity index (χ0v) is 33.2. The highest BCUT2D eigenvalue weighted by Gasteiger charge is 2.41. The molecule has 2 atom stereocenters. The van der Waals surface area contributed by atoms with Gasteiger partial charge in [-0.2, -0.15) is 0 Å². The Kier molecular flexibility index (Phi) is 9.38. The standard InChI is InChI=1S/C54H52N2/c1-39(2)40-17-16-36-54(38-40,41-26-30-46(31-27-41)55(43-18-8-5-9-19-43)44-20-10-6-11-21-44)42-28-32-47(33-29-42)56(45-22-12-7-13-23-45)48-34-35-50-49-24-14-15-25-51(49)53(3,4)52(50)37-48/h5-15,18-35,37,39-40H,16-17,36,38H2,1-4H3. The van der Waals surface area contributed by atoms with Crippen molar-refractivity contribution in [3.63, 3.8) is 0 Å². The molecule has 278 valence electrons. The van der Waals surface area contributed by atoms with E-state index in [2.05, 4.69) is 219 Å². The molecule has 2 aliphatic carbocycles. The fraction of sp³-hybridized carbons (Fsp3) is 0.222. The first-order chi connectivity index (χ1) is 27.3. The molecule has 2 heteroatoms. The van der Waals surface area contributed by atoms with Crippen LogP contribution in [0.1, 0.15) is 75.6 Å². The predicted molar refractivity (Wildman–Crippen MR) is 237 cm³/mol. The highest BCUT2D eigenvalue weighted by atomic mass is 15.1. The lowest BCUT2D eigenvalue weighted by Gasteiger charge is -2.44. The van der Waals surface area contributed by atoms with Gasteiger partial charge in [-0.1, -0.05) is 150 Å². The van der Waals surface area contributed by atoms with E-state index < -0.39 is 0 Å². The number of hydrogen-bond acceptors (Lipinski definition) is 2. The summed E-state index contributed by atoms with van der Waals surface area (Å²) in [4.78, 5) is 4.80. The number of rotatable bonds is 9. The van der Waals surface area contributed by atoms with Crippen LogP contribution in [0, 0.1) is 11.8 Å². The fourth-order valence-electron chi connectivity index (χ4n) is 9.89. The highest BCUT2D eigenvalue weighted by Crippen LogP contribution is 2.52. The first kappa shape index (κ1) is 35.8. The molecule has 0 aromatic heterocycles. The molecule has 0 saturated heterocycles. The maximum atomic E-state index is 2.44. The Balaban J connectivity index is 1.11. The second kappa shape index (κ2) is 14.7.